The van der Waals surface area contributed by atoms with E-state index in [1.165, 1.54) is 23.9 Å². The van der Waals surface area contributed by atoms with Crippen LogP contribution in [0.3, 0.4) is 0 Å². The van der Waals surface area contributed by atoms with Crippen LogP contribution in [0.15, 0.2) is 59.8 Å². The van der Waals surface area contributed by atoms with Gasteiger partial charge in [0, 0.05) is 17.8 Å². The maximum atomic E-state index is 13.5. The predicted molar refractivity (Wildman–Crippen MR) is 131 cm³/mol. The minimum atomic E-state index is -0.331. The van der Waals surface area contributed by atoms with Gasteiger partial charge in [0.2, 0.25) is 5.91 Å². The molecule has 0 bridgehead atoms. The summed E-state index contributed by atoms with van der Waals surface area (Å²) in [7, 11) is 3.94. The molecule has 6 nitrogen and oxygen atoms in total. The van der Waals surface area contributed by atoms with Crippen molar-refractivity contribution in [3.63, 3.8) is 0 Å². The molecule has 1 amide bonds. The summed E-state index contributed by atoms with van der Waals surface area (Å²) in [6, 6.07) is 16.2. The Balaban J connectivity index is 1.86. The molecule has 2 aromatic carbocycles. The summed E-state index contributed by atoms with van der Waals surface area (Å²) in [5.41, 5.74) is 1.52. The predicted octanol–water partition coefficient (Wildman–Crippen LogP) is 4.95. The fourth-order valence-corrected chi connectivity index (χ4v) is 4.21. The number of carbonyl (C=O) groups is 1. The topological polar surface area (TPSA) is 54.3 Å². The second kappa shape index (κ2) is 10.5. The van der Waals surface area contributed by atoms with Crippen molar-refractivity contribution in [2.24, 2.45) is 0 Å². The Bertz CT molecular complexity index is 1060. The molecule has 1 aromatic heterocycles. The average Bonchev–Trinajstić information content (AvgIpc) is 3.19. The van der Waals surface area contributed by atoms with Crippen LogP contribution in [0, 0.1) is 5.82 Å². The molecule has 0 N–H and O–H groups in total. The largest absolute Gasteiger partial charge is 0.333 e. The lowest BCUT2D eigenvalue weighted by molar-refractivity contribution is -0.133. The van der Waals surface area contributed by atoms with Crippen LogP contribution in [0.4, 0.5) is 4.39 Å². The summed E-state index contributed by atoms with van der Waals surface area (Å²) in [6.07, 6.45) is 0. The highest BCUT2D eigenvalue weighted by atomic mass is 32.2. The van der Waals surface area contributed by atoms with E-state index in [0.29, 0.717) is 11.7 Å². The zero-order valence-electron chi connectivity index (χ0n) is 20.1. The van der Waals surface area contributed by atoms with Crippen LogP contribution in [0.1, 0.15) is 45.1 Å². The molecule has 176 valence electrons. The van der Waals surface area contributed by atoms with Gasteiger partial charge in [-0.25, -0.2) is 4.39 Å². The number of carbonyl (C=O) groups excluding carboxylic acids is 1. The summed E-state index contributed by atoms with van der Waals surface area (Å²) in [5.74, 6) is 0.672. The lowest BCUT2D eigenvalue weighted by Crippen LogP contribution is -2.45. The molecule has 0 unspecified atom stereocenters. The summed E-state index contributed by atoms with van der Waals surface area (Å²) < 4.78 is 15.4. The van der Waals surface area contributed by atoms with Gasteiger partial charge in [0.1, 0.15) is 5.82 Å². The van der Waals surface area contributed by atoms with Crippen molar-refractivity contribution in [3.8, 4) is 5.69 Å². The molecule has 1 atom stereocenters. The molecule has 1 heterocycles. The van der Waals surface area contributed by atoms with Gasteiger partial charge in [-0.3, -0.25) is 14.3 Å². The molecule has 3 aromatic rings. The number of thioether (sulfide) groups is 1. The van der Waals surface area contributed by atoms with Crippen LogP contribution in [-0.4, -0.2) is 55.9 Å². The van der Waals surface area contributed by atoms with Crippen LogP contribution in [0.2, 0.25) is 0 Å². The van der Waals surface area contributed by atoms with Crippen molar-refractivity contribution in [3.05, 3.63) is 71.8 Å². The van der Waals surface area contributed by atoms with Gasteiger partial charge in [-0.05, 0) is 71.6 Å². The SMILES string of the molecule is C[C@H](c1nnc(SCC(=O)N(Cc2ccccc2)C(C)(C)C)n1-c1ccc(F)cc1)N(C)C. The van der Waals surface area contributed by atoms with Gasteiger partial charge in [-0.1, -0.05) is 42.1 Å². The highest BCUT2D eigenvalue weighted by molar-refractivity contribution is 7.99. The molecule has 0 radical (unpaired) electrons. The highest BCUT2D eigenvalue weighted by Crippen LogP contribution is 2.28. The van der Waals surface area contributed by atoms with Gasteiger partial charge in [0.05, 0.1) is 11.8 Å². The fourth-order valence-electron chi connectivity index (χ4n) is 3.38. The zero-order chi connectivity index (χ0) is 24.2. The van der Waals surface area contributed by atoms with Crippen molar-refractivity contribution in [1.29, 1.82) is 0 Å². The number of hydrogen-bond acceptors (Lipinski definition) is 5. The van der Waals surface area contributed by atoms with Crippen LogP contribution in [0.5, 0.6) is 0 Å². The molecular formula is C25H32FN5OS. The van der Waals surface area contributed by atoms with E-state index in [1.807, 2.05) is 86.5 Å². The molecule has 0 fully saturated rings. The van der Waals surface area contributed by atoms with Gasteiger partial charge < -0.3 is 4.90 Å². The summed E-state index contributed by atoms with van der Waals surface area (Å²) >= 11 is 1.35. The molecule has 0 aliphatic carbocycles. The Hall–Kier alpha value is -2.71. The standard InChI is InChI=1S/C25H32FN5OS/c1-18(29(5)6)23-27-28-24(31(23)21-14-12-20(26)13-15-21)33-17-22(32)30(25(2,3)4)16-19-10-8-7-9-11-19/h7-15,18H,16-17H2,1-6H3/t18-/m1/s1. The Kier molecular flexibility index (Phi) is 7.92. The maximum Gasteiger partial charge on any atom is 0.233 e. The Morgan fingerprint density at radius 3 is 2.27 bits per heavy atom. The van der Waals surface area contributed by atoms with Crippen molar-refractivity contribution in [2.75, 3.05) is 19.8 Å². The number of amides is 1. The van der Waals surface area contributed by atoms with Crippen LogP contribution < -0.4 is 0 Å². The lowest BCUT2D eigenvalue weighted by Gasteiger charge is -2.36. The van der Waals surface area contributed by atoms with E-state index in [0.717, 1.165) is 17.1 Å². The van der Waals surface area contributed by atoms with Crippen LogP contribution in [-0.2, 0) is 11.3 Å². The highest BCUT2D eigenvalue weighted by Gasteiger charge is 2.28. The number of aromatic nitrogens is 3. The van der Waals surface area contributed by atoms with E-state index in [2.05, 4.69) is 10.2 Å². The van der Waals surface area contributed by atoms with Crippen LogP contribution >= 0.6 is 11.8 Å². The van der Waals surface area contributed by atoms with Gasteiger partial charge >= 0.3 is 0 Å². The third-order valence-electron chi connectivity index (χ3n) is 5.51. The van der Waals surface area contributed by atoms with Crippen molar-refractivity contribution in [1.82, 2.24) is 24.6 Å². The maximum absolute atomic E-state index is 13.5. The average molecular weight is 470 g/mol. The first-order chi connectivity index (χ1) is 15.6. The van der Waals surface area contributed by atoms with E-state index in [-0.39, 0.29) is 29.1 Å². The van der Waals surface area contributed by atoms with E-state index >= 15 is 0 Å². The number of rotatable bonds is 8. The van der Waals surface area contributed by atoms with Gasteiger partial charge in [-0.2, -0.15) is 0 Å². The number of nitrogens with zero attached hydrogens (tertiary/aromatic N) is 5. The quantitative estimate of drug-likeness (QED) is 0.437. The van der Waals surface area contributed by atoms with Gasteiger partial charge in [0.15, 0.2) is 11.0 Å². The zero-order valence-corrected chi connectivity index (χ0v) is 20.9. The molecule has 33 heavy (non-hydrogen) atoms. The first kappa shape index (κ1) is 24.9. The van der Waals surface area contributed by atoms with Crippen molar-refractivity contribution in [2.45, 2.75) is 51.0 Å². The molecule has 0 spiro atoms. The molecular weight excluding hydrogens is 437 g/mol. The summed E-state index contributed by atoms with van der Waals surface area (Å²) in [5, 5.41) is 9.39. The number of halogens is 1. The molecule has 0 saturated heterocycles. The fraction of sp³-hybridized carbons (Fsp3) is 0.400. The first-order valence-electron chi connectivity index (χ1n) is 10.9. The third-order valence-corrected chi connectivity index (χ3v) is 6.42. The second-order valence-corrected chi connectivity index (χ2v) is 10.2. The minimum absolute atomic E-state index is 0.0169. The Labute approximate surface area is 199 Å². The van der Waals surface area contributed by atoms with Crippen molar-refractivity contribution < 1.29 is 9.18 Å². The smallest absolute Gasteiger partial charge is 0.233 e. The molecule has 0 saturated carbocycles. The second-order valence-electron chi connectivity index (χ2n) is 9.22. The summed E-state index contributed by atoms with van der Waals surface area (Å²) in [4.78, 5) is 17.2. The molecule has 0 aliphatic heterocycles. The van der Waals surface area contributed by atoms with Gasteiger partial charge in [-0.15, -0.1) is 10.2 Å². The first-order valence-corrected chi connectivity index (χ1v) is 11.9. The summed E-state index contributed by atoms with van der Waals surface area (Å²) in [6.45, 7) is 8.69. The normalized spacial score (nSPS) is 12.7. The minimum Gasteiger partial charge on any atom is -0.333 e. The van der Waals surface area contributed by atoms with E-state index in [9.17, 15) is 9.18 Å². The Morgan fingerprint density at radius 1 is 1.06 bits per heavy atom. The number of hydrogen-bond donors (Lipinski definition) is 0. The Morgan fingerprint density at radius 2 is 1.70 bits per heavy atom. The monoisotopic (exact) mass is 469 g/mol. The molecule has 0 aliphatic rings. The lowest BCUT2D eigenvalue weighted by atomic mass is 10.0. The van der Waals surface area contributed by atoms with Gasteiger partial charge in [0.25, 0.3) is 0 Å². The van der Waals surface area contributed by atoms with Crippen molar-refractivity contribution >= 4 is 17.7 Å². The third kappa shape index (κ3) is 6.21. The molecule has 8 heteroatoms. The van der Waals surface area contributed by atoms with Crippen LogP contribution in [0.25, 0.3) is 5.69 Å². The van der Waals surface area contributed by atoms with E-state index < -0.39 is 0 Å². The molecule has 3 rings (SSSR count). The van der Waals surface area contributed by atoms with E-state index in [4.69, 9.17) is 0 Å². The number of benzene rings is 2. The van der Waals surface area contributed by atoms with E-state index in [1.54, 1.807) is 12.1 Å².